The fourth-order valence-corrected chi connectivity index (χ4v) is 2.56. The molecule has 132 valence electrons. The Morgan fingerprint density at radius 2 is 1.81 bits per heavy atom. The molecule has 2 aromatic carbocycles. The van der Waals surface area contributed by atoms with E-state index in [0.717, 1.165) is 11.1 Å². The summed E-state index contributed by atoms with van der Waals surface area (Å²) in [5.74, 6) is -0.314. The highest BCUT2D eigenvalue weighted by Crippen LogP contribution is 2.13. The molecule has 1 heterocycles. The van der Waals surface area contributed by atoms with Gasteiger partial charge in [-0.2, -0.15) is 4.68 Å². The van der Waals surface area contributed by atoms with Crippen LogP contribution in [0.5, 0.6) is 0 Å². The predicted octanol–water partition coefficient (Wildman–Crippen LogP) is 3.08. The van der Waals surface area contributed by atoms with E-state index in [1.54, 1.807) is 23.7 Å². The van der Waals surface area contributed by atoms with Gasteiger partial charge in [-0.15, -0.1) is 0 Å². The van der Waals surface area contributed by atoms with Gasteiger partial charge in [0.1, 0.15) is 0 Å². The lowest BCUT2D eigenvalue weighted by molar-refractivity contribution is -0.389. The molecule has 0 atom stereocenters. The molecule has 0 aliphatic carbocycles. The number of carbonyl (C=O) groups is 1. The summed E-state index contributed by atoms with van der Waals surface area (Å²) in [7, 11) is 0. The van der Waals surface area contributed by atoms with E-state index in [1.807, 2.05) is 42.5 Å². The van der Waals surface area contributed by atoms with Crippen molar-refractivity contribution >= 4 is 11.7 Å². The Kier molecular flexibility index (Phi) is 5.07. The molecule has 1 aromatic heterocycles. The molecule has 1 N–H and O–H groups in total. The van der Waals surface area contributed by atoms with Crippen LogP contribution in [0.15, 0.2) is 60.7 Å². The Morgan fingerprint density at radius 1 is 1.12 bits per heavy atom. The number of aromatic nitrogens is 2. The molecular formula is C19H18N4O3. The van der Waals surface area contributed by atoms with Crippen molar-refractivity contribution in [3.63, 3.8) is 0 Å². The Bertz CT molecular complexity index is 918. The van der Waals surface area contributed by atoms with Crippen molar-refractivity contribution in [3.05, 3.63) is 93.2 Å². The first-order chi connectivity index (χ1) is 12.5. The van der Waals surface area contributed by atoms with E-state index in [0.29, 0.717) is 24.3 Å². The second kappa shape index (κ2) is 7.60. The number of hydrogen-bond acceptors (Lipinski definition) is 4. The molecule has 0 fully saturated rings. The summed E-state index contributed by atoms with van der Waals surface area (Å²) in [4.78, 5) is 22.5. The third-order valence-electron chi connectivity index (χ3n) is 4.00. The predicted molar refractivity (Wildman–Crippen MR) is 96.8 cm³/mol. The largest absolute Gasteiger partial charge is 0.390 e. The molecule has 7 heteroatoms. The van der Waals surface area contributed by atoms with Gasteiger partial charge >= 0.3 is 5.82 Å². The average molecular weight is 350 g/mol. The Hall–Kier alpha value is -3.48. The third-order valence-corrected chi connectivity index (χ3v) is 4.00. The van der Waals surface area contributed by atoms with E-state index in [1.165, 1.54) is 6.07 Å². The van der Waals surface area contributed by atoms with Gasteiger partial charge in [-0.05, 0) is 35.1 Å². The van der Waals surface area contributed by atoms with Crippen LogP contribution in [0.1, 0.15) is 27.2 Å². The molecule has 0 spiro atoms. The van der Waals surface area contributed by atoms with Gasteiger partial charge in [0.15, 0.2) is 0 Å². The van der Waals surface area contributed by atoms with Crippen molar-refractivity contribution < 1.29 is 9.72 Å². The van der Waals surface area contributed by atoms with Crippen molar-refractivity contribution in [1.82, 2.24) is 15.1 Å². The zero-order valence-electron chi connectivity index (χ0n) is 14.3. The minimum atomic E-state index is -0.510. The highest BCUT2D eigenvalue weighted by molar-refractivity contribution is 5.94. The number of benzene rings is 2. The maximum Gasteiger partial charge on any atom is 0.390 e. The van der Waals surface area contributed by atoms with Crippen molar-refractivity contribution in [2.75, 3.05) is 0 Å². The lowest BCUT2D eigenvalue weighted by atomic mass is 10.1. The molecular weight excluding hydrogens is 332 g/mol. The van der Waals surface area contributed by atoms with Crippen LogP contribution in [-0.4, -0.2) is 20.6 Å². The first-order valence-corrected chi connectivity index (χ1v) is 8.13. The second-order valence-corrected chi connectivity index (χ2v) is 5.92. The third kappa shape index (κ3) is 4.13. The topological polar surface area (TPSA) is 90.1 Å². The Labute approximate surface area is 150 Å². The van der Waals surface area contributed by atoms with Gasteiger partial charge in [-0.25, -0.2) is 0 Å². The van der Waals surface area contributed by atoms with E-state index in [9.17, 15) is 14.9 Å². The molecule has 3 aromatic rings. The van der Waals surface area contributed by atoms with Crippen LogP contribution in [0.25, 0.3) is 0 Å². The summed E-state index contributed by atoms with van der Waals surface area (Å²) < 4.78 is 1.57. The summed E-state index contributed by atoms with van der Waals surface area (Å²) >= 11 is 0. The van der Waals surface area contributed by atoms with Crippen LogP contribution in [0.2, 0.25) is 0 Å². The standard InChI is InChI=1S/C19H18N4O3/c1-14-11-18(23(25)26)21-22(14)13-16-7-9-17(10-8-16)19(24)20-12-15-5-3-2-4-6-15/h2-11H,12-13H2,1H3,(H,20,24). The molecule has 0 bridgehead atoms. The van der Waals surface area contributed by atoms with E-state index >= 15 is 0 Å². The maximum absolute atomic E-state index is 12.2. The number of nitro groups is 1. The average Bonchev–Trinajstić information content (AvgIpc) is 3.02. The monoisotopic (exact) mass is 350 g/mol. The number of carbonyl (C=O) groups excluding carboxylic acids is 1. The van der Waals surface area contributed by atoms with Crippen LogP contribution in [0, 0.1) is 17.0 Å². The van der Waals surface area contributed by atoms with E-state index < -0.39 is 4.92 Å². The summed E-state index contributed by atoms with van der Waals surface area (Å²) in [6, 6.07) is 18.3. The summed E-state index contributed by atoms with van der Waals surface area (Å²) in [6.07, 6.45) is 0. The molecule has 0 unspecified atom stereocenters. The van der Waals surface area contributed by atoms with E-state index in [-0.39, 0.29) is 11.7 Å². The van der Waals surface area contributed by atoms with Crippen LogP contribution in [0.4, 0.5) is 5.82 Å². The van der Waals surface area contributed by atoms with Crippen LogP contribution >= 0.6 is 0 Å². The van der Waals surface area contributed by atoms with Gasteiger partial charge in [-0.3, -0.25) is 4.79 Å². The van der Waals surface area contributed by atoms with Gasteiger partial charge in [0, 0.05) is 12.1 Å². The first-order valence-electron chi connectivity index (χ1n) is 8.13. The quantitative estimate of drug-likeness (QED) is 0.546. The van der Waals surface area contributed by atoms with Gasteiger partial charge in [0.2, 0.25) is 0 Å². The maximum atomic E-state index is 12.2. The summed E-state index contributed by atoms with van der Waals surface area (Å²) in [6.45, 7) is 2.65. The molecule has 0 saturated heterocycles. The highest BCUT2D eigenvalue weighted by atomic mass is 16.6. The van der Waals surface area contributed by atoms with Gasteiger partial charge < -0.3 is 15.4 Å². The number of hydrogen-bond donors (Lipinski definition) is 1. The Balaban J connectivity index is 1.63. The lowest BCUT2D eigenvalue weighted by Crippen LogP contribution is -2.22. The lowest BCUT2D eigenvalue weighted by Gasteiger charge is -2.06. The van der Waals surface area contributed by atoms with E-state index in [4.69, 9.17) is 0 Å². The first kappa shape index (κ1) is 17.3. The van der Waals surface area contributed by atoms with Gasteiger partial charge in [0.05, 0.1) is 23.4 Å². The number of nitrogens with zero attached hydrogens (tertiary/aromatic N) is 3. The minimum Gasteiger partial charge on any atom is -0.358 e. The molecule has 0 saturated carbocycles. The van der Waals surface area contributed by atoms with Crippen LogP contribution in [-0.2, 0) is 13.1 Å². The molecule has 3 rings (SSSR count). The molecule has 0 aliphatic heterocycles. The number of nitrogens with one attached hydrogen (secondary N) is 1. The zero-order chi connectivity index (χ0) is 18.5. The van der Waals surface area contributed by atoms with Crippen LogP contribution in [0.3, 0.4) is 0 Å². The van der Waals surface area contributed by atoms with Gasteiger partial charge in [-0.1, -0.05) is 42.5 Å². The van der Waals surface area contributed by atoms with E-state index in [2.05, 4.69) is 10.4 Å². The number of aryl methyl sites for hydroxylation is 1. The smallest absolute Gasteiger partial charge is 0.358 e. The normalized spacial score (nSPS) is 10.5. The molecule has 0 aliphatic rings. The van der Waals surface area contributed by atoms with Crippen molar-refractivity contribution in [3.8, 4) is 0 Å². The minimum absolute atomic E-state index is 0.147. The molecule has 26 heavy (non-hydrogen) atoms. The Morgan fingerprint density at radius 3 is 2.42 bits per heavy atom. The fraction of sp³-hybridized carbons (Fsp3) is 0.158. The fourth-order valence-electron chi connectivity index (χ4n) is 2.56. The number of rotatable bonds is 6. The molecule has 0 radical (unpaired) electrons. The molecule has 1 amide bonds. The SMILES string of the molecule is Cc1cc([N+](=O)[O-])nn1Cc1ccc(C(=O)NCc2ccccc2)cc1. The zero-order valence-corrected chi connectivity index (χ0v) is 14.3. The van der Waals surface area contributed by atoms with Crippen molar-refractivity contribution in [1.29, 1.82) is 0 Å². The van der Waals surface area contributed by atoms with Gasteiger partial charge in [0.25, 0.3) is 5.91 Å². The van der Waals surface area contributed by atoms with Crippen molar-refractivity contribution in [2.45, 2.75) is 20.0 Å². The second-order valence-electron chi connectivity index (χ2n) is 5.92. The summed E-state index contributed by atoms with van der Waals surface area (Å²) in [5, 5.41) is 17.6. The summed E-state index contributed by atoms with van der Waals surface area (Å²) in [5.41, 5.74) is 3.22. The molecule has 7 nitrogen and oxygen atoms in total. The highest BCUT2D eigenvalue weighted by Gasteiger charge is 2.15. The van der Waals surface area contributed by atoms with Crippen molar-refractivity contribution in [2.24, 2.45) is 0 Å². The van der Waals surface area contributed by atoms with Crippen LogP contribution < -0.4 is 5.32 Å². The number of amides is 1.